The van der Waals surface area contributed by atoms with Crippen molar-refractivity contribution in [1.29, 1.82) is 0 Å². The Bertz CT molecular complexity index is 519. The van der Waals surface area contributed by atoms with Crippen LogP contribution in [-0.4, -0.2) is 24.3 Å². The fourth-order valence-electron chi connectivity index (χ4n) is 1.65. The molecule has 0 fully saturated rings. The van der Waals surface area contributed by atoms with Crippen molar-refractivity contribution in [2.75, 3.05) is 12.4 Å². The van der Waals surface area contributed by atoms with Crippen LogP contribution in [0.1, 0.15) is 5.56 Å². The number of allylic oxidation sites excluding steroid dienone is 1. The Balaban J connectivity index is 2.77. The maximum Gasteiger partial charge on any atom is 0.411 e. The molecule has 106 valence electrons. The number of ether oxygens (including phenoxy) is 1. The maximum atomic E-state index is 11.2. The van der Waals surface area contributed by atoms with E-state index in [1.807, 2.05) is 0 Å². The molecule has 0 aliphatic heterocycles. The topological polar surface area (TPSA) is 75.6 Å². The van der Waals surface area contributed by atoms with E-state index in [4.69, 9.17) is 5.11 Å². The van der Waals surface area contributed by atoms with Gasteiger partial charge < -0.3 is 9.84 Å². The summed E-state index contributed by atoms with van der Waals surface area (Å²) in [6.45, 7) is 7.22. The van der Waals surface area contributed by atoms with Crippen LogP contribution in [0.5, 0.6) is 0 Å². The summed E-state index contributed by atoms with van der Waals surface area (Å²) in [5, 5.41) is 11.7. The molecule has 0 saturated heterocycles. The second kappa shape index (κ2) is 7.13. The van der Waals surface area contributed by atoms with Gasteiger partial charge in [-0.3, -0.25) is 10.1 Å². The van der Waals surface area contributed by atoms with E-state index in [1.54, 1.807) is 24.3 Å². The third-order valence-corrected chi connectivity index (χ3v) is 2.83. The average molecular weight is 275 g/mol. The molecule has 0 bridgehead atoms. The Morgan fingerprint density at radius 3 is 2.45 bits per heavy atom. The van der Waals surface area contributed by atoms with Crippen LogP contribution >= 0.6 is 0 Å². The Morgan fingerprint density at radius 2 is 2.00 bits per heavy atom. The van der Waals surface area contributed by atoms with Crippen molar-refractivity contribution in [2.45, 2.75) is 6.42 Å². The van der Waals surface area contributed by atoms with Crippen LogP contribution in [0.15, 0.2) is 49.1 Å². The smallest absolute Gasteiger partial charge is 0.411 e. The third kappa shape index (κ3) is 4.28. The van der Waals surface area contributed by atoms with Gasteiger partial charge in [0.15, 0.2) is 0 Å². The van der Waals surface area contributed by atoms with Gasteiger partial charge in [0.2, 0.25) is 0 Å². The van der Waals surface area contributed by atoms with E-state index in [0.29, 0.717) is 17.7 Å². The van der Waals surface area contributed by atoms with Gasteiger partial charge in [-0.25, -0.2) is 4.79 Å². The van der Waals surface area contributed by atoms with E-state index in [-0.39, 0.29) is 0 Å². The summed E-state index contributed by atoms with van der Waals surface area (Å²) in [4.78, 5) is 22.2. The molecule has 1 aromatic carbocycles. The monoisotopic (exact) mass is 275 g/mol. The lowest BCUT2D eigenvalue weighted by atomic mass is 9.93. The summed E-state index contributed by atoms with van der Waals surface area (Å²) in [5.74, 6) is -1.64. The Labute approximate surface area is 117 Å². The summed E-state index contributed by atoms with van der Waals surface area (Å²) < 4.78 is 4.48. The number of aliphatic carboxylic acids is 1. The van der Waals surface area contributed by atoms with E-state index in [0.717, 1.165) is 5.56 Å². The van der Waals surface area contributed by atoms with E-state index in [1.165, 1.54) is 13.2 Å². The molecule has 0 saturated carbocycles. The first kappa shape index (κ1) is 15.5. The molecule has 5 nitrogen and oxygen atoms in total. The van der Waals surface area contributed by atoms with Crippen LogP contribution in [0.25, 0.3) is 0 Å². The molecular formula is C15H17NO4. The molecule has 0 radical (unpaired) electrons. The molecular weight excluding hydrogens is 258 g/mol. The second-order valence-corrected chi connectivity index (χ2v) is 4.19. The first-order valence-electron chi connectivity index (χ1n) is 5.96. The Kier molecular flexibility index (Phi) is 5.53. The molecule has 1 aromatic rings. The Hall–Kier alpha value is -2.56. The highest BCUT2D eigenvalue weighted by Gasteiger charge is 2.19. The zero-order chi connectivity index (χ0) is 15.1. The minimum atomic E-state index is -0.938. The maximum absolute atomic E-state index is 11.2. The van der Waals surface area contributed by atoms with Gasteiger partial charge in [0.25, 0.3) is 0 Å². The molecule has 0 unspecified atom stereocenters. The first-order chi connectivity index (χ1) is 9.47. The highest BCUT2D eigenvalue weighted by molar-refractivity contribution is 5.84. The normalized spacial score (nSPS) is 11.2. The molecule has 2 N–H and O–H groups in total. The summed E-state index contributed by atoms with van der Waals surface area (Å²) >= 11 is 0. The van der Waals surface area contributed by atoms with Crippen LogP contribution in [0.2, 0.25) is 0 Å². The summed E-state index contributed by atoms with van der Waals surface area (Å²) in [6.07, 6.45) is 1.21. The standard InChI is InChI=1S/C15H17NO4/c1-4-10(2)13(14(17)18)9-11-5-7-12(8-6-11)16-15(19)20-3/h4-8,13H,1-2,9H2,3H3,(H,16,19)(H,17,18)/t13-/m1/s1. The van der Waals surface area contributed by atoms with E-state index < -0.39 is 18.0 Å². The number of amides is 1. The van der Waals surface area contributed by atoms with E-state index in [2.05, 4.69) is 23.2 Å². The molecule has 20 heavy (non-hydrogen) atoms. The number of carbonyl (C=O) groups is 2. The number of carboxylic acids is 1. The fraction of sp³-hybridized carbons (Fsp3) is 0.200. The molecule has 1 rings (SSSR count). The minimum absolute atomic E-state index is 0.318. The number of nitrogens with one attached hydrogen (secondary N) is 1. The first-order valence-corrected chi connectivity index (χ1v) is 5.96. The molecule has 0 aliphatic rings. The SMILES string of the molecule is C=CC(=C)[C@@H](Cc1ccc(NC(=O)OC)cc1)C(=O)O. The average Bonchev–Trinajstić information content (AvgIpc) is 2.45. The van der Waals surface area contributed by atoms with Crippen molar-refractivity contribution in [2.24, 2.45) is 5.92 Å². The minimum Gasteiger partial charge on any atom is -0.481 e. The fourth-order valence-corrected chi connectivity index (χ4v) is 1.65. The molecule has 0 aliphatic carbocycles. The predicted molar refractivity (Wildman–Crippen MR) is 76.6 cm³/mol. The molecule has 5 heteroatoms. The van der Waals surface area contributed by atoms with Gasteiger partial charge in [0.05, 0.1) is 13.0 Å². The molecule has 0 spiro atoms. The van der Waals surface area contributed by atoms with Crippen molar-refractivity contribution >= 4 is 17.7 Å². The van der Waals surface area contributed by atoms with Gasteiger partial charge in [-0.15, -0.1) is 0 Å². The number of carbonyl (C=O) groups excluding carboxylic acids is 1. The van der Waals surface area contributed by atoms with Gasteiger partial charge in [0.1, 0.15) is 0 Å². The number of anilines is 1. The largest absolute Gasteiger partial charge is 0.481 e. The van der Waals surface area contributed by atoms with Crippen LogP contribution < -0.4 is 5.32 Å². The highest BCUT2D eigenvalue weighted by Crippen LogP contribution is 2.19. The Morgan fingerprint density at radius 1 is 1.40 bits per heavy atom. The van der Waals surface area contributed by atoms with Crippen molar-refractivity contribution in [3.8, 4) is 0 Å². The molecule has 1 amide bonds. The highest BCUT2D eigenvalue weighted by atomic mass is 16.5. The summed E-state index contributed by atoms with van der Waals surface area (Å²) in [7, 11) is 1.28. The zero-order valence-electron chi connectivity index (χ0n) is 11.3. The summed E-state index contributed by atoms with van der Waals surface area (Å²) in [5.41, 5.74) is 1.88. The third-order valence-electron chi connectivity index (χ3n) is 2.83. The predicted octanol–water partition coefficient (Wildman–Crippen LogP) is 2.85. The lowest BCUT2D eigenvalue weighted by Gasteiger charge is -2.13. The van der Waals surface area contributed by atoms with Gasteiger partial charge >= 0.3 is 12.1 Å². The van der Waals surface area contributed by atoms with Gasteiger partial charge in [-0.2, -0.15) is 0 Å². The van der Waals surface area contributed by atoms with Gasteiger partial charge in [-0.1, -0.05) is 31.4 Å². The molecule has 0 aromatic heterocycles. The lowest BCUT2D eigenvalue weighted by molar-refractivity contribution is -0.140. The molecule has 0 heterocycles. The number of hydrogen-bond acceptors (Lipinski definition) is 3. The van der Waals surface area contributed by atoms with Crippen molar-refractivity contribution < 1.29 is 19.4 Å². The summed E-state index contributed by atoms with van der Waals surface area (Å²) in [6, 6.07) is 6.86. The number of hydrogen-bond donors (Lipinski definition) is 2. The van der Waals surface area contributed by atoms with Crippen LogP contribution in [0.4, 0.5) is 10.5 Å². The van der Waals surface area contributed by atoms with E-state index in [9.17, 15) is 9.59 Å². The zero-order valence-corrected chi connectivity index (χ0v) is 11.3. The second-order valence-electron chi connectivity index (χ2n) is 4.19. The van der Waals surface area contributed by atoms with Crippen molar-refractivity contribution in [3.05, 3.63) is 54.6 Å². The van der Waals surface area contributed by atoms with Gasteiger partial charge in [-0.05, 0) is 29.7 Å². The van der Waals surface area contributed by atoms with Crippen LogP contribution in [-0.2, 0) is 16.0 Å². The van der Waals surface area contributed by atoms with E-state index >= 15 is 0 Å². The van der Waals surface area contributed by atoms with Crippen molar-refractivity contribution in [1.82, 2.24) is 0 Å². The lowest BCUT2D eigenvalue weighted by Crippen LogP contribution is -2.17. The van der Waals surface area contributed by atoms with Gasteiger partial charge in [0, 0.05) is 5.69 Å². The van der Waals surface area contributed by atoms with Crippen LogP contribution in [0, 0.1) is 5.92 Å². The number of carboxylic acid groups (broad SMARTS) is 1. The van der Waals surface area contributed by atoms with Crippen LogP contribution in [0.3, 0.4) is 0 Å². The number of rotatable bonds is 6. The molecule has 1 atom stereocenters. The number of methoxy groups -OCH3 is 1. The quantitative estimate of drug-likeness (QED) is 0.783. The van der Waals surface area contributed by atoms with Crippen molar-refractivity contribution in [3.63, 3.8) is 0 Å². The number of benzene rings is 1.